The molecule has 0 saturated carbocycles. The van der Waals surface area contributed by atoms with Crippen molar-refractivity contribution in [3.8, 4) is 0 Å². The van der Waals surface area contributed by atoms with Gasteiger partial charge in [-0.05, 0) is 24.8 Å². The summed E-state index contributed by atoms with van der Waals surface area (Å²) in [5.74, 6) is 0.626. The van der Waals surface area contributed by atoms with Gasteiger partial charge in [-0.3, -0.25) is 4.79 Å². The topological polar surface area (TPSA) is 65.1 Å². The number of nitrogens with zero attached hydrogens (tertiary/aromatic N) is 4. The van der Waals surface area contributed by atoms with Crippen molar-refractivity contribution in [3.63, 3.8) is 0 Å². The molecular weight excluding hydrogens is 347 g/mol. The number of aromatic nitrogens is 3. The summed E-state index contributed by atoms with van der Waals surface area (Å²) in [4.78, 5) is 27.5. The lowest BCUT2D eigenvalue weighted by atomic mass is 9.92. The van der Waals surface area contributed by atoms with E-state index in [0.717, 1.165) is 36.2 Å². The minimum Gasteiger partial charge on any atom is -0.351 e. The van der Waals surface area contributed by atoms with Gasteiger partial charge < -0.3 is 14.8 Å². The third-order valence-corrected chi connectivity index (χ3v) is 5.19. The molecular formula is C17H18F3N5O. The zero-order chi connectivity index (χ0) is 18.3. The molecule has 4 rings (SSSR count). The van der Waals surface area contributed by atoms with Crippen molar-refractivity contribution < 1.29 is 18.0 Å². The summed E-state index contributed by atoms with van der Waals surface area (Å²) in [5, 5.41) is 0.911. The van der Waals surface area contributed by atoms with Crippen LogP contribution in [-0.2, 0) is 4.79 Å². The summed E-state index contributed by atoms with van der Waals surface area (Å²) < 4.78 is 36.9. The number of hydrogen-bond donors (Lipinski definition) is 1. The van der Waals surface area contributed by atoms with E-state index >= 15 is 0 Å². The maximum atomic E-state index is 12.3. The number of H-pyrrole nitrogens is 1. The van der Waals surface area contributed by atoms with Crippen LogP contribution in [0.2, 0.25) is 0 Å². The largest absolute Gasteiger partial charge is 0.409 e. The number of aromatic amines is 1. The summed E-state index contributed by atoms with van der Waals surface area (Å²) in [6, 6.07) is 1.97. The van der Waals surface area contributed by atoms with Crippen LogP contribution in [0.15, 0.2) is 30.7 Å². The molecule has 2 aromatic rings. The molecule has 2 aliphatic rings. The first-order chi connectivity index (χ1) is 12.4. The van der Waals surface area contributed by atoms with E-state index < -0.39 is 12.1 Å². The fourth-order valence-electron chi connectivity index (χ4n) is 3.96. The summed E-state index contributed by atoms with van der Waals surface area (Å²) in [6.45, 7) is 1.70. The number of alkyl halides is 3. The Morgan fingerprint density at radius 1 is 1.27 bits per heavy atom. The number of halogens is 3. The highest BCUT2D eigenvalue weighted by molar-refractivity contribution is 5.89. The molecule has 1 amide bonds. The van der Waals surface area contributed by atoms with E-state index in [4.69, 9.17) is 0 Å². The number of carbonyl (C=O) groups is 1. The van der Waals surface area contributed by atoms with Crippen molar-refractivity contribution in [2.75, 3.05) is 24.5 Å². The van der Waals surface area contributed by atoms with Crippen molar-refractivity contribution in [1.82, 2.24) is 19.9 Å². The maximum Gasteiger partial charge on any atom is 0.409 e. The first kappa shape index (κ1) is 16.9. The Balaban J connectivity index is 1.55. The van der Waals surface area contributed by atoms with E-state index in [1.165, 1.54) is 11.2 Å². The lowest BCUT2D eigenvalue weighted by Crippen LogP contribution is -2.50. The molecule has 2 atom stereocenters. The van der Waals surface area contributed by atoms with Crippen LogP contribution < -0.4 is 4.90 Å². The van der Waals surface area contributed by atoms with Gasteiger partial charge in [-0.25, -0.2) is 9.97 Å². The molecule has 2 saturated heterocycles. The summed E-state index contributed by atoms with van der Waals surface area (Å²) in [7, 11) is 0. The average Bonchev–Trinajstić information content (AvgIpc) is 3.24. The molecule has 0 aliphatic carbocycles. The summed E-state index contributed by atoms with van der Waals surface area (Å²) >= 11 is 0. The molecule has 138 valence electrons. The van der Waals surface area contributed by atoms with Crippen LogP contribution >= 0.6 is 0 Å². The summed E-state index contributed by atoms with van der Waals surface area (Å²) in [6.07, 6.45) is 1.22. The molecule has 0 spiro atoms. The van der Waals surface area contributed by atoms with Crippen molar-refractivity contribution in [1.29, 1.82) is 0 Å². The fraction of sp³-hybridized carbons (Fsp3) is 0.471. The Kier molecular flexibility index (Phi) is 4.08. The van der Waals surface area contributed by atoms with E-state index in [1.807, 2.05) is 6.07 Å². The van der Waals surface area contributed by atoms with E-state index in [1.54, 1.807) is 6.20 Å². The molecule has 2 aromatic heterocycles. The Morgan fingerprint density at radius 3 is 2.88 bits per heavy atom. The van der Waals surface area contributed by atoms with Gasteiger partial charge in [0, 0.05) is 38.0 Å². The van der Waals surface area contributed by atoms with Crippen LogP contribution in [0.1, 0.15) is 12.8 Å². The zero-order valence-electron chi connectivity index (χ0n) is 13.9. The Morgan fingerprint density at radius 2 is 2.08 bits per heavy atom. The van der Waals surface area contributed by atoms with Crippen LogP contribution in [0, 0.1) is 5.92 Å². The molecule has 0 aromatic carbocycles. The molecule has 0 radical (unpaired) electrons. The molecule has 1 N–H and O–H groups in total. The van der Waals surface area contributed by atoms with Gasteiger partial charge in [-0.15, -0.1) is 0 Å². The Labute approximate surface area is 147 Å². The second-order valence-corrected chi connectivity index (χ2v) is 6.69. The third-order valence-electron chi connectivity index (χ3n) is 5.19. The van der Waals surface area contributed by atoms with Gasteiger partial charge >= 0.3 is 6.18 Å². The van der Waals surface area contributed by atoms with Crippen molar-refractivity contribution >= 4 is 22.8 Å². The predicted octanol–water partition coefficient (Wildman–Crippen LogP) is 2.50. The Bertz CT molecular complexity index is 846. The van der Waals surface area contributed by atoms with Crippen molar-refractivity contribution in [2.45, 2.75) is 25.1 Å². The SMILES string of the molecule is O=C(/C=C/C(F)(F)F)N1CCC2CCN(c3ncnc4[nH]ccc34)C2C1. The molecule has 2 unspecified atom stereocenters. The molecule has 2 fully saturated rings. The highest BCUT2D eigenvalue weighted by Gasteiger charge is 2.40. The third kappa shape index (κ3) is 3.13. The van der Waals surface area contributed by atoms with Crippen LogP contribution in [0.3, 0.4) is 0 Å². The quantitative estimate of drug-likeness (QED) is 0.831. The number of fused-ring (bicyclic) bond motifs is 2. The normalized spacial score (nSPS) is 23.8. The second kappa shape index (κ2) is 6.30. The number of allylic oxidation sites excluding steroid dienone is 1. The van der Waals surface area contributed by atoms with E-state index in [0.29, 0.717) is 25.1 Å². The second-order valence-electron chi connectivity index (χ2n) is 6.69. The smallest absolute Gasteiger partial charge is 0.351 e. The Hall–Kier alpha value is -2.58. The van der Waals surface area contributed by atoms with E-state index in [9.17, 15) is 18.0 Å². The number of piperidine rings is 1. The number of anilines is 1. The van der Waals surface area contributed by atoms with Crippen LogP contribution in [0.25, 0.3) is 11.0 Å². The van der Waals surface area contributed by atoms with Gasteiger partial charge in [-0.2, -0.15) is 13.2 Å². The van der Waals surface area contributed by atoms with Gasteiger partial charge in [0.15, 0.2) is 0 Å². The van der Waals surface area contributed by atoms with Gasteiger partial charge in [-0.1, -0.05) is 0 Å². The number of hydrogen-bond acceptors (Lipinski definition) is 4. The first-order valence-electron chi connectivity index (χ1n) is 8.52. The minimum atomic E-state index is -4.48. The van der Waals surface area contributed by atoms with Crippen LogP contribution in [0.5, 0.6) is 0 Å². The van der Waals surface area contributed by atoms with Crippen molar-refractivity contribution in [3.05, 3.63) is 30.7 Å². The van der Waals surface area contributed by atoms with E-state index in [2.05, 4.69) is 19.9 Å². The molecule has 6 nitrogen and oxygen atoms in total. The maximum absolute atomic E-state index is 12.3. The molecule has 0 bridgehead atoms. The van der Waals surface area contributed by atoms with Crippen molar-refractivity contribution in [2.24, 2.45) is 5.92 Å². The van der Waals surface area contributed by atoms with Gasteiger partial charge in [0.2, 0.25) is 5.91 Å². The van der Waals surface area contributed by atoms with Crippen LogP contribution in [-0.4, -0.2) is 57.6 Å². The van der Waals surface area contributed by atoms with E-state index in [-0.39, 0.29) is 12.1 Å². The number of rotatable bonds is 2. The highest BCUT2D eigenvalue weighted by Crippen LogP contribution is 2.36. The number of nitrogens with one attached hydrogen (secondary N) is 1. The summed E-state index contributed by atoms with van der Waals surface area (Å²) in [5.41, 5.74) is 0.746. The number of carbonyl (C=O) groups excluding carboxylic acids is 1. The average molecular weight is 365 g/mol. The lowest BCUT2D eigenvalue weighted by Gasteiger charge is -2.38. The fourth-order valence-corrected chi connectivity index (χ4v) is 3.96. The molecule has 2 aliphatic heterocycles. The van der Waals surface area contributed by atoms with Gasteiger partial charge in [0.1, 0.15) is 17.8 Å². The minimum absolute atomic E-state index is 0.00159. The number of amides is 1. The monoisotopic (exact) mass is 365 g/mol. The van der Waals surface area contributed by atoms with Gasteiger partial charge in [0.05, 0.1) is 11.4 Å². The molecule has 9 heteroatoms. The molecule has 4 heterocycles. The lowest BCUT2D eigenvalue weighted by molar-refractivity contribution is -0.128. The van der Waals surface area contributed by atoms with Gasteiger partial charge in [0.25, 0.3) is 0 Å². The highest BCUT2D eigenvalue weighted by atomic mass is 19.4. The zero-order valence-corrected chi connectivity index (χ0v) is 13.9. The first-order valence-corrected chi connectivity index (χ1v) is 8.52. The van der Waals surface area contributed by atoms with Crippen LogP contribution in [0.4, 0.5) is 19.0 Å². The number of likely N-dealkylation sites (tertiary alicyclic amines) is 1. The standard InChI is InChI=1S/C17H18F3N5O/c18-17(19,20)5-1-14(26)24-7-3-11-4-8-25(13(11)9-24)16-12-2-6-21-15(12)22-10-23-16/h1-2,5-6,10-11,13H,3-4,7-9H2,(H,21,22,23)/b5-1+. The molecule has 26 heavy (non-hydrogen) atoms. The predicted molar refractivity (Wildman–Crippen MR) is 89.5 cm³/mol.